The maximum absolute atomic E-state index is 12.1. The highest BCUT2D eigenvalue weighted by atomic mass is 32.2. The minimum absolute atomic E-state index is 0.264. The van der Waals surface area contributed by atoms with Crippen LogP contribution < -0.4 is 4.72 Å². The minimum atomic E-state index is -3.45. The van der Waals surface area contributed by atoms with Crippen molar-refractivity contribution in [3.63, 3.8) is 0 Å². The van der Waals surface area contributed by atoms with E-state index in [0.717, 1.165) is 17.5 Å². The number of aromatic nitrogens is 1. The van der Waals surface area contributed by atoms with Crippen molar-refractivity contribution >= 4 is 10.0 Å². The van der Waals surface area contributed by atoms with E-state index >= 15 is 0 Å². The van der Waals surface area contributed by atoms with Crippen LogP contribution in [0.4, 0.5) is 0 Å². The largest absolute Gasteiger partial charge is 0.265 e. The number of nitrogens with one attached hydrogen (secondary N) is 1. The van der Waals surface area contributed by atoms with E-state index in [9.17, 15) is 8.42 Å². The first-order valence-electron chi connectivity index (χ1n) is 6.09. The monoisotopic (exact) mass is 276 g/mol. The number of sulfonamides is 1. The van der Waals surface area contributed by atoms with Gasteiger partial charge in [-0.15, -0.1) is 0 Å². The van der Waals surface area contributed by atoms with Gasteiger partial charge >= 0.3 is 0 Å². The molecule has 0 fully saturated rings. The van der Waals surface area contributed by atoms with E-state index in [1.54, 1.807) is 36.7 Å². The van der Waals surface area contributed by atoms with Crippen LogP contribution in [0.1, 0.15) is 18.1 Å². The molecule has 1 aromatic carbocycles. The summed E-state index contributed by atoms with van der Waals surface area (Å²) in [4.78, 5) is 4.18. The Morgan fingerprint density at radius 2 is 1.63 bits per heavy atom. The maximum Gasteiger partial charge on any atom is 0.240 e. The normalized spacial score (nSPS) is 11.4. The quantitative estimate of drug-likeness (QED) is 0.910. The van der Waals surface area contributed by atoms with E-state index in [0.29, 0.717) is 4.90 Å². The first-order valence-corrected chi connectivity index (χ1v) is 7.57. The molecule has 1 N–H and O–H groups in total. The third-order valence-electron chi connectivity index (χ3n) is 2.86. The van der Waals surface area contributed by atoms with Crippen molar-refractivity contribution in [2.75, 3.05) is 0 Å². The van der Waals surface area contributed by atoms with E-state index in [4.69, 9.17) is 0 Å². The van der Waals surface area contributed by atoms with Crippen molar-refractivity contribution in [1.29, 1.82) is 0 Å². The summed E-state index contributed by atoms with van der Waals surface area (Å²) in [7, 11) is -3.45. The highest BCUT2D eigenvalue weighted by molar-refractivity contribution is 7.89. The second-order valence-electron chi connectivity index (χ2n) is 4.18. The lowest BCUT2D eigenvalue weighted by atomic mass is 10.2. The summed E-state index contributed by atoms with van der Waals surface area (Å²) in [5.41, 5.74) is 2.00. The first-order chi connectivity index (χ1) is 9.12. The average Bonchev–Trinajstić information content (AvgIpc) is 2.46. The van der Waals surface area contributed by atoms with Crippen LogP contribution in [0.5, 0.6) is 0 Å². The van der Waals surface area contributed by atoms with Gasteiger partial charge in [-0.25, -0.2) is 13.1 Å². The summed E-state index contributed by atoms with van der Waals surface area (Å²) in [6.45, 7) is 2.30. The molecule has 0 saturated heterocycles. The number of hydrogen-bond acceptors (Lipinski definition) is 3. The Kier molecular flexibility index (Phi) is 4.29. The lowest BCUT2D eigenvalue weighted by molar-refractivity contribution is 0.581. The Morgan fingerprint density at radius 1 is 1.00 bits per heavy atom. The molecule has 2 rings (SSSR count). The molecule has 0 aliphatic rings. The molecule has 4 nitrogen and oxygen atoms in total. The number of pyridine rings is 1. The summed E-state index contributed by atoms with van der Waals surface area (Å²) in [6, 6.07) is 10.5. The van der Waals surface area contributed by atoms with Gasteiger partial charge in [-0.2, -0.15) is 0 Å². The SMILES string of the molecule is CCc1ccc(S(=O)(=O)NCc2ccncc2)cc1. The van der Waals surface area contributed by atoms with Gasteiger partial charge in [-0.05, 0) is 41.8 Å². The topological polar surface area (TPSA) is 59.1 Å². The molecule has 0 saturated carbocycles. The third kappa shape index (κ3) is 3.62. The fourth-order valence-corrected chi connectivity index (χ4v) is 2.68. The van der Waals surface area contributed by atoms with Crippen molar-refractivity contribution < 1.29 is 8.42 Å². The van der Waals surface area contributed by atoms with Crippen LogP contribution in [0.25, 0.3) is 0 Å². The molecular formula is C14H16N2O2S. The van der Waals surface area contributed by atoms with Crippen LogP contribution in [0.3, 0.4) is 0 Å². The number of nitrogens with zero attached hydrogens (tertiary/aromatic N) is 1. The van der Waals surface area contributed by atoms with Crippen molar-refractivity contribution in [3.05, 3.63) is 59.9 Å². The van der Waals surface area contributed by atoms with Crippen LogP contribution in [0.15, 0.2) is 53.7 Å². The molecule has 0 bridgehead atoms. The van der Waals surface area contributed by atoms with Crippen LogP contribution >= 0.6 is 0 Å². The standard InChI is InChI=1S/C14H16N2O2S/c1-2-12-3-5-14(6-4-12)19(17,18)16-11-13-7-9-15-10-8-13/h3-10,16H,2,11H2,1H3. The highest BCUT2D eigenvalue weighted by Gasteiger charge is 2.13. The van der Waals surface area contributed by atoms with E-state index in [1.807, 2.05) is 19.1 Å². The summed E-state index contributed by atoms with van der Waals surface area (Å²) < 4.78 is 26.7. The Balaban J connectivity index is 2.09. The molecule has 0 amide bonds. The molecule has 5 heteroatoms. The van der Waals surface area contributed by atoms with E-state index in [2.05, 4.69) is 9.71 Å². The molecule has 0 aliphatic heterocycles. The smallest absolute Gasteiger partial charge is 0.240 e. The van der Waals surface area contributed by atoms with Gasteiger partial charge in [0.05, 0.1) is 4.90 Å². The van der Waals surface area contributed by atoms with Crippen LogP contribution in [-0.4, -0.2) is 13.4 Å². The molecule has 0 atom stereocenters. The fraction of sp³-hybridized carbons (Fsp3) is 0.214. The fourth-order valence-electron chi connectivity index (χ4n) is 1.67. The van der Waals surface area contributed by atoms with Gasteiger partial charge in [0.2, 0.25) is 10.0 Å². The van der Waals surface area contributed by atoms with E-state index in [1.165, 1.54) is 0 Å². The second kappa shape index (κ2) is 5.95. The molecule has 0 radical (unpaired) electrons. The number of benzene rings is 1. The lowest BCUT2D eigenvalue weighted by Gasteiger charge is -2.07. The zero-order valence-electron chi connectivity index (χ0n) is 10.7. The predicted octanol–water partition coefficient (Wildman–Crippen LogP) is 2.12. The average molecular weight is 276 g/mol. The molecule has 1 heterocycles. The highest BCUT2D eigenvalue weighted by Crippen LogP contribution is 2.11. The van der Waals surface area contributed by atoms with Crippen LogP contribution in [-0.2, 0) is 23.0 Å². The van der Waals surface area contributed by atoms with Crippen molar-refractivity contribution in [2.45, 2.75) is 24.8 Å². The van der Waals surface area contributed by atoms with Crippen LogP contribution in [0.2, 0.25) is 0 Å². The molecule has 2 aromatic rings. The number of aryl methyl sites for hydroxylation is 1. The van der Waals surface area contributed by atoms with Crippen molar-refractivity contribution in [1.82, 2.24) is 9.71 Å². The van der Waals surface area contributed by atoms with E-state index in [-0.39, 0.29) is 6.54 Å². The van der Waals surface area contributed by atoms with Crippen molar-refractivity contribution in [3.8, 4) is 0 Å². The summed E-state index contributed by atoms with van der Waals surface area (Å²) in [5, 5.41) is 0. The Bertz CT molecular complexity index is 622. The Hall–Kier alpha value is -1.72. The number of rotatable bonds is 5. The van der Waals surface area contributed by atoms with Crippen molar-refractivity contribution in [2.24, 2.45) is 0 Å². The zero-order valence-corrected chi connectivity index (χ0v) is 11.5. The molecule has 19 heavy (non-hydrogen) atoms. The molecular weight excluding hydrogens is 260 g/mol. The zero-order chi connectivity index (χ0) is 13.7. The molecule has 0 aliphatic carbocycles. The van der Waals surface area contributed by atoms with E-state index < -0.39 is 10.0 Å². The minimum Gasteiger partial charge on any atom is -0.265 e. The summed E-state index contributed by atoms with van der Waals surface area (Å²) in [5.74, 6) is 0. The maximum atomic E-state index is 12.1. The van der Waals surface area contributed by atoms with Crippen LogP contribution in [0, 0.1) is 0 Å². The van der Waals surface area contributed by atoms with Gasteiger partial charge in [0.15, 0.2) is 0 Å². The summed E-state index contributed by atoms with van der Waals surface area (Å²) in [6.07, 6.45) is 4.17. The van der Waals surface area contributed by atoms with Gasteiger partial charge in [0.1, 0.15) is 0 Å². The lowest BCUT2D eigenvalue weighted by Crippen LogP contribution is -2.23. The molecule has 0 unspecified atom stereocenters. The predicted molar refractivity (Wildman–Crippen MR) is 74.1 cm³/mol. The van der Waals surface area contributed by atoms with Gasteiger partial charge in [0.25, 0.3) is 0 Å². The Morgan fingerprint density at radius 3 is 2.21 bits per heavy atom. The van der Waals surface area contributed by atoms with Gasteiger partial charge < -0.3 is 0 Å². The molecule has 0 spiro atoms. The molecule has 100 valence electrons. The van der Waals surface area contributed by atoms with Gasteiger partial charge in [0, 0.05) is 18.9 Å². The first kappa shape index (κ1) is 13.7. The van der Waals surface area contributed by atoms with Gasteiger partial charge in [-0.3, -0.25) is 4.98 Å². The second-order valence-corrected chi connectivity index (χ2v) is 5.94. The third-order valence-corrected chi connectivity index (χ3v) is 4.27. The number of hydrogen-bond donors (Lipinski definition) is 1. The summed E-state index contributed by atoms with van der Waals surface area (Å²) >= 11 is 0. The Labute approximate surface area is 113 Å². The molecule has 1 aromatic heterocycles. The van der Waals surface area contributed by atoms with Gasteiger partial charge in [-0.1, -0.05) is 19.1 Å².